The van der Waals surface area contributed by atoms with Gasteiger partial charge in [0.2, 0.25) is 0 Å². The van der Waals surface area contributed by atoms with Crippen molar-refractivity contribution in [3.05, 3.63) is 30.1 Å². The van der Waals surface area contributed by atoms with Crippen molar-refractivity contribution in [2.45, 2.75) is 19.0 Å². The zero-order valence-corrected chi connectivity index (χ0v) is 8.24. The molecule has 0 bridgehead atoms. The molecule has 6 heteroatoms. The van der Waals surface area contributed by atoms with Crippen molar-refractivity contribution in [3.8, 4) is 0 Å². The van der Waals surface area contributed by atoms with E-state index in [2.05, 4.69) is 4.98 Å². The molecule has 0 saturated carbocycles. The fraction of sp³-hybridized carbons (Fsp3) is 0.400. The predicted octanol–water partition coefficient (Wildman–Crippen LogP) is 2.28. The molecule has 1 aromatic heterocycles. The molecule has 0 aliphatic carbocycles. The molecule has 1 unspecified atom stereocenters. The van der Waals surface area contributed by atoms with Gasteiger partial charge in [0.15, 0.2) is 0 Å². The van der Waals surface area contributed by atoms with Crippen molar-refractivity contribution in [1.29, 1.82) is 0 Å². The lowest BCUT2D eigenvalue weighted by Gasteiger charge is -2.17. The summed E-state index contributed by atoms with van der Waals surface area (Å²) in [6.45, 7) is 0. The Kier molecular flexibility index (Phi) is 3.87. The van der Waals surface area contributed by atoms with Crippen LogP contribution in [0.4, 0.5) is 13.2 Å². The molecule has 0 aliphatic rings. The summed E-state index contributed by atoms with van der Waals surface area (Å²) in [6, 6.07) is 4.60. The molecule has 1 heterocycles. The van der Waals surface area contributed by atoms with Crippen LogP contribution in [-0.2, 0) is 11.2 Å². The molecule has 0 spiro atoms. The van der Waals surface area contributed by atoms with Gasteiger partial charge in [0.05, 0.1) is 12.3 Å². The molecule has 88 valence electrons. The highest BCUT2D eigenvalue weighted by Crippen LogP contribution is 2.31. The van der Waals surface area contributed by atoms with Gasteiger partial charge in [-0.2, -0.15) is 13.2 Å². The van der Waals surface area contributed by atoms with Gasteiger partial charge in [-0.15, -0.1) is 0 Å². The number of carbonyl (C=O) groups is 1. The monoisotopic (exact) mass is 233 g/mol. The number of pyridine rings is 1. The van der Waals surface area contributed by atoms with Crippen molar-refractivity contribution < 1.29 is 23.1 Å². The van der Waals surface area contributed by atoms with Crippen LogP contribution in [-0.4, -0.2) is 22.2 Å². The minimum atomic E-state index is -4.52. The van der Waals surface area contributed by atoms with Crippen molar-refractivity contribution in [2.24, 2.45) is 5.92 Å². The molecule has 1 atom stereocenters. The van der Waals surface area contributed by atoms with Crippen LogP contribution in [0.3, 0.4) is 0 Å². The lowest BCUT2D eigenvalue weighted by molar-refractivity contribution is -0.182. The van der Waals surface area contributed by atoms with E-state index in [1.807, 2.05) is 0 Å². The van der Waals surface area contributed by atoms with Gasteiger partial charge < -0.3 is 5.11 Å². The number of rotatable bonds is 4. The second-order valence-corrected chi connectivity index (χ2v) is 3.36. The minimum absolute atomic E-state index is 0.242. The summed E-state index contributed by atoms with van der Waals surface area (Å²) in [4.78, 5) is 14.1. The van der Waals surface area contributed by atoms with E-state index in [4.69, 9.17) is 5.11 Å². The third-order valence-electron chi connectivity index (χ3n) is 2.07. The van der Waals surface area contributed by atoms with Gasteiger partial charge in [0.1, 0.15) is 0 Å². The largest absolute Gasteiger partial charge is 0.481 e. The number of nitrogens with zero attached hydrogens (tertiary/aromatic N) is 1. The zero-order chi connectivity index (χ0) is 12.2. The molecular weight excluding hydrogens is 223 g/mol. The van der Waals surface area contributed by atoms with Crippen molar-refractivity contribution in [2.75, 3.05) is 0 Å². The molecule has 0 radical (unpaired) electrons. The smallest absolute Gasteiger partial charge is 0.392 e. The highest BCUT2D eigenvalue weighted by molar-refractivity contribution is 5.67. The number of halogens is 3. The summed E-state index contributed by atoms with van der Waals surface area (Å²) in [5.74, 6) is -3.35. The van der Waals surface area contributed by atoms with E-state index < -0.39 is 30.9 Å². The average Bonchev–Trinajstić information content (AvgIpc) is 2.16. The molecule has 3 nitrogen and oxygen atoms in total. The molecule has 0 saturated heterocycles. The Balaban J connectivity index is 2.75. The Morgan fingerprint density at radius 3 is 2.56 bits per heavy atom. The second kappa shape index (κ2) is 4.96. The lowest BCUT2D eigenvalue weighted by atomic mass is 9.98. The van der Waals surface area contributed by atoms with E-state index in [1.54, 1.807) is 12.1 Å². The third-order valence-corrected chi connectivity index (χ3v) is 2.07. The van der Waals surface area contributed by atoms with Gasteiger partial charge in [-0.1, -0.05) is 6.07 Å². The summed E-state index contributed by atoms with van der Waals surface area (Å²) >= 11 is 0. The first-order valence-corrected chi connectivity index (χ1v) is 4.58. The van der Waals surface area contributed by atoms with Crippen molar-refractivity contribution in [3.63, 3.8) is 0 Å². The molecular formula is C10H10F3NO2. The first-order valence-electron chi connectivity index (χ1n) is 4.58. The Labute approximate surface area is 89.9 Å². The van der Waals surface area contributed by atoms with E-state index in [1.165, 1.54) is 12.3 Å². The molecule has 1 aromatic rings. The fourth-order valence-corrected chi connectivity index (χ4v) is 1.29. The van der Waals surface area contributed by atoms with E-state index in [0.29, 0.717) is 0 Å². The van der Waals surface area contributed by atoms with Crippen LogP contribution >= 0.6 is 0 Å². The van der Waals surface area contributed by atoms with E-state index in [-0.39, 0.29) is 5.69 Å². The standard InChI is InChI=1S/C10H10F3NO2/c11-10(12,13)7(6-9(15)16)5-8-3-1-2-4-14-8/h1-4,7H,5-6H2,(H,15,16). The van der Waals surface area contributed by atoms with E-state index in [9.17, 15) is 18.0 Å². The zero-order valence-electron chi connectivity index (χ0n) is 8.24. The van der Waals surface area contributed by atoms with Crippen LogP contribution in [0, 0.1) is 5.92 Å². The summed E-state index contributed by atoms with van der Waals surface area (Å²) in [7, 11) is 0. The van der Waals surface area contributed by atoms with Crippen LogP contribution in [0.15, 0.2) is 24.4 Å². The Hall–Kier alpha value is -1.59. The fourth-order valence-electron chi connectivity index (χ4n) is 1.29. The normalized spacial score (nSPS) is 13.4. The number of aliphatic carboxylic acids is 1. The number of alkyl halides is 3. The second-order valence-electron chi connectivity index (χ2n) is 3.36. The number of hydrogen-bond acceptors (Lipinski definition) is 2. The Bertz CT molecular complexity index is 351. The van der Waals surface area contributed by atoms with Crippen LogP contribution in [0.2, 0.25) is 0 Å². The molecule has 0 fully saturated rings. The van der Waals surface area contributed by atoms with Gasteiger partial charge >= 0.3 is 12.1 Å². The van der Waals surface area contributed by atoms with Crippen LogP contribution in [0.25, 0.3) is 0 Å². The van der Waals surface area contributed by atoms with E-state index >= 15 is 0 Å². The predicted molar refractivity (Wildman–Crippen MR) is 49.7 cm³/mol. The quantitative estimate of drug-likeness (QED) is 0.867. The van der Waals surface area contributed by atoms with Crippen LogP contribution < -0.4 is 0 Å². The Morgan fingerprint density at radius 1 is 1.44 bits per heavy atom. The SMILES string of the molecule is O=C(O)CC(Cc1ccccn1)C(F)(F)F. The van der Waals surface area contributed by atoms with Crippen molar-refractivity contribution in [1.82, 2.24) is 4.98 Å². The van der Waals surface area contributed by atoms with Crippen molar-refractivity contribution >= 4 is 5.97 Å². The molecule has 1 rings (SSSR count). The van der Waals surface area contributed by atoms with E-state index in [0.717, 1.165) is 0 Å². The summed E-state index contributed by atoms with van der Waals surface area (Å²) < 4.78 is 37.4. The van der Waals surface area contributed by atoms with Gasteiger partial charge in [0, 0.05) is 18.3 Å². The number of carboxylic acids is 1. The van der Waals surface area contributed by atoms with Gasteiger partial charge in [0.25, 0.3) is 0 Å². The molecule has 0 aromatic carbocycles. The summed E-state index contributed by atoms with van der Waals surface area (Å²) in [6.07, 6.45) is -4.48. The first kappa shape index (κ1) is 12.5. The highest BCUT2D eigenvalue weighted by atomic mass is 19.4. The highest BCUT2D eigenvalue weighted by Gasteiger charge is 2.40. The molecule has 0 aliphatic heterocycles. The van der Waals surface area contributed by atoms with Crippen LogP contribution in [0.5, 0.6) is 0 Å². The van der Waals surface area contributed by atoms with Gasteiger partial charge in [-0.05, 0) is 12.1 Å². The summed E-state index contributed by atoms with van der Waals surface area (Å²) in [5, 5.41) is 8.40. The number of carboxylic acid groups (broad SMARTS) is 1. The maximum Gasteiger partial charge on any atom is 0.392 e. The maximum atomic E-state index is 12.5. The minimum Gasteiger partial charge on any atom is -0.481 e. The van der Waals surface area contributed by atoms with Crippen LogP contribution in [0.1, 0.15) is 12.1 Å². The third kappa shape index (κ3) is 3.88. The summed E-state index contributed by atoms with van der Waals surface area (Å²) in [5.41, 5.74) is 0.242. The first-order chi connectivity index (χ1) is 7.39. The molecule has 1 N–H and O–H groups in total. The average molecular weight is 233 g/mol. The molecule has 0 amide bonds. The number of aromatic nitrogens is 1. The number of hydrogen-bond donors (Lipinski definition) is 1. The topological polar surface area (TPSA) is 50.2 Å². The Morgan fingerprint density at radius 2 is 2.12 bits per heavy atom. The maximum absolute atomic E-state index is 12.5. The molecule has 16 heavy (non-hydrogen) atoms. The van der Waals surface area contributed by atoms with Gasteiger partial charge in [-0.25, -0.2) is 0 Å². The van der Waals surface area contributed by atoms with Gasteiger partial charge in [-0.3, -0.25) is 9.78 Å². The lowest BCUT2D eigenvalue weighted by Crippen LogP contribution is -2.27.